The van der Waals surface area contributed by atoms with E-state index in [9.17, 15) is 13.7 Å². The molecule has 3 unspecified atom stereocenters. The molecule has 0 aliphatic carbocycles. The van der Waals surface area contributed by atoms with Crippen molar-refractivity contribution in [1.82, 2.24) is 9.62 Å². The molecule has 0 saturated carbocycles. The molecule has 9 atom stereocenters. The van der Waals surface area contributed by atoms with Crippen molar-refractivity contribution in [3.63, 3.8) is 0 Å². The number of anilines is 1. The number of nitrogens with zero attached hydrogens (tertiary/aromatic N) is 1. The molecule has 3 aliphatic heterocycles. The number of rotatable bonds is 8. The van der Waals surface area contributed by atoms with Crippen LogP contribution in [-0.2, 0) is 27.3 Å². The Morgan fingerprint density at radius 1 is 1.20 bits per heavy atom. The molecule has 224 valence electrons. The maximum Gasteiger partial charge on any atom is 0.241 e. The summed E-state index contributed by atoms with van der Waals surface area (Å²) in [5.74, 6) is -0.792. The van der Waals surface area contributed by atoms with Gasteiger partial charge in [0.15, 0.2) is 0 Å². The van der Waals surface area contributed by atoms with E-state index in [2.05, 4.69) is 14.9 Å². The number of hydrogen-bond acceptors (Lipinski definition) is 6. The Kier molecular flexibility index (Phi) is 9.99. The largest absolute Gasteiger partial charge is 0.598 e. The fourth-order valence-corrected chi connectivity index (χ4v) is 8.43. The highest BCUT2D eigenvalue weighted by atomic mass is 32.2. The Balaban J connectivity index is 1.32. The first-order valence-corrected chi connectivity index (χ1v) is 16.1. The number of nitrogens with one attached hydrogen (secondary N) is 2. The van der Waals surface area contributed by atoms with E-state index in [4.69, 9.17) is 10.5 Å². The van der Waals surface area contributed by atoms with Gasteiger partial charge in [-0.3, -0.25) is 4.79 Å². The van der Waals surface area contributed by atoms with Crippen LogP contribution in [0.15, 0.2) is 42.5 Å². The number of halogens is 2. The second-order valence-electron chi connectivity index (χ2n) is 11.9. The van der Waals surface area contributed by atoms with E-state index in [0.29, 0.717) is 42.4 Å². The molecule has 0 spiro atoms. The standard InChI is InChI=1S/C31H42F2N4O3S/c1-19-15-22(16-20(2)40-19)29(21-8-10-23(32)11-9-21)30(34)31(38)36-28-7-3-6-27(33)26(28)13-12-25-17-35-24-5-4-14-41(39)37(25)18-24/h3,6-11,19-20,22,24-25,29-30,35H,4-5,12-18,34H2,1-2H3,(H,36,38)/t19-,20+,22+,24-,25+,29?,30+,41?/m1/s1. The van der Waals surface area contributed by atoms with Crippen LogP contribution < -0.4 is 16.4 Å². The lowest BCUT2D eigenvalue weighted by atomic mass is 9.74. The quantitative estimate of drug-likeness (QED) is 0.399. The first-order valence-electron chi connectivity index (χ1n) is 14.8. The van der Waals surface area contributed by atoms with Gasteiger partial charge in [0.1, 0.15) is 17.4 Å². The zero-order valence-corrected chi connectivity index (χ0v) is 24.7. The maximum absolute atomic E-state index is 15.2. The van der Waals surface area contributed by atoms with E-state index in [1.807, 2.05) is 13.8 Å². The SMILES string of the molecule is C[C@@H]1C[C@H](C(c2ccc(F)cc2)[C@H](N)C(=O)Nc2cccc(F)c2CC[C@H]2CN[C@@H]3CCC[S+]([O-])N2C3)C[C@H](C)O1. The van der Waals surface area contributed by atoms with Gasteiger partial charge in [-0.05, 0) is 88.1 Å². The maximum atomic E-state index is 15.2. The summed E-state index contributed by atoms with van der Waals surface area (Å²) in [7, 11) is 0. The van der Waals surface area contributed by atoms with Crippen molar-refractivity contribution in [3.05, 3.63) is 65.2 Å². The second-order valence-corrected chi connectivity index (χ2v) is 13.4. The molecule has 7 nitrogen and oxygen atoms in total. The topological polar surface area (TPSA) is 103 Å². The van der Waals surface area contributed by atoms with E-state index in [1.54, 1.807) is 24.3 Å². The number of piperazine rings is 1. The summed E-state index contributed by atoms with van der Waals surface area (Å²) in [5.41, 5.74) is 8.29. The molecule has 2 aromatic carbocycles. The smallest absolute Gasteiger partial charge is 0.241 e. The fourth-order valence-electron chi connectivity index (χ4n) is 6.92. The van der Waals surface area contributed by atoms with Crippen molar-refractivity contribution in [2.75, 3.05) is 24.2 Å². The predicted molar refractivity (Wildman–Crippen MR) is 158 cm³/mol. The monoisotopic (exact) mass is 588 g/mol. The van der Waals surface area contributed by atoms with Crippen LogP contribution in [0, 0.1) is 17.6 Å². The van der Waals surface area contributed by atoms with Crippen LogP contribution >= 0.6 is 0 Å². The van der Waals surface area contributed by atoms with Crippen molar-refractivity contribution >= 4 is 23.0 Å². The lowest BCUT2D eigenvalue weighted by Crippen LogP contribution is -2.57. The van der Waals surface area contributed by atoms with Gasteiger partial charge in [-0.2, -0.15) is 0 Å². The first kappa shape index (κ1) is 30.4. The van der Waals surface area contributed by atoms with Crippen molar-refractivity contribution in [3.8, 4) is 0 Å². The van der Waals surface area contributed by atoms with E-state index in [0.717, 1.165) is 37.8 Å². The number of hydrogen-bond donors (Lipinski definition) is 3. The number of amides is 1. The molecular formula is C31H42F2N4O3S. The highest BCUT2D eigenvalue weighted by molar-refractivity contribution is 7.89. The first-order chi connectivity index (χ1) is 19.7. The Bertz CT molecular complexity index is 1180. The Morgan fingerprint density at radius 3 is 2.66 bits per heavy atom. The molecule has 5 rings (SSSR count). The van der Waals surface area contributed by atoms with Gasteiger partial charge in [-0.25, -0.2) is 8.78 Å². The third-order valence-electron chi connectivity index (χ3n) is 8.87. The molecule has 1 amide bonds. The molecule has 3 heterocycles. The van der Waals surface area contributed by atoms with Gasteiger partial charge in [0.25, 0.3) is 0 Å². The molecule has 3 saturated heterocycles. The molecule has 4 N–H and O–H groups in total. The minimum Gasteiger partial charge on any atom is -0.598 e. The minimum absolute atomic E-state index is 0.0138. The van der Waals surface area contributed by atoms with Crippen LogP contribution in [0.5, 0.6) is 0 Å². The lowest BCUT2D eigenvalue weighted by Gasteiger charge is -2.39. The van der Waals surface area contributed by atoms with E-state index >= 15 is 4.39 Å². The molecule has 2 bridgehead atoms. The van der Waals surface area contributed by atoms with Gasteiger partial charge in [-0.1, -0.05) is 18.2 Å². The molecule has 3 aliphatic rings. The second kappa shape index (κ2) is 13.5. The summed E-state index contributed by atoms with van der Waals surface area (Å²) in [4.78, 5) is 13.7. The van der Waals surface area contributed by atoms with Crippen molar-refractivity contribution in [2.45, 2.75) is 88.6 Å². The van der Waals surface area contributed by atoms with Crippen LogP contribution in [-0.4, -0.2) is 63.9 Å². The number of benzene rings is 2. The van der Waals surface area contributed by atoms with Crippen LogP contribution in [0.4, 0.5) is 14.5 Å². The normalized spacial score (nSPS) is 31.6. The summed E-state index contributed by atoms with van der Waals surface area (Å²) in [5, 5.41) is 6.48. The fraction of sp³-hybridized carbons (Fsp3) is 0.581. The molecule has 3 fully saturated rings. The average molecular weight is 589 g/mol. The van der Waals surface area contributed by atoms with Gasteiger partial charge in [0, 0.05) is 41.1 Å². The van der Waals surface area contributed by atoms with E-state index < -0.39 is 29.1 Å². The molecule has 41 heavy (non-hydrogen) atoms. The molecular weight excluding hydrogens is 546 g/mol. The lowest BCUT2D eigenvalue weighted by molar-refractivity contribution is -0.119. The number of nitrogens with two attached hydrogens (primary N) is 1. The van der Waals surface area contributed by atoms with Gasteiger partial charge in [0.2, 0.25) is 5.91 Å². The Hall–Kier alpha value is -2.08. The number of fused-ring (bicyclic) bond motifs is 2. The number of carbonyl (C=O) groups is 1. The van der Waals surface area contributed by atoms with Crippen molar-refractivity contribution in [2.24, 2.45) is 11.7 Å². The van der Waals surface area contributed by atoms with Gasteiger partial charge in [-0.15, -0.1) is 4.31 Å². The van der Waals surface area contributed by atoms with Gasteiger partial charge < -0.3 is 25.7 Å². The predicted octanol–water partition coefficient (Wildman–Crippen LogP) is 4.25. The molecule has 0 aromatic heterocycles. The minimum atomic E-state index is -1.03. The Morgan fingerprint density at radius 2 is 1.93 bits per heavy atom. The van der Waals surface area contributed by atoms with E-state index in [-0.39, 0.29) is 35.9 Å². The third kappa shape index (κ3) is 7.29. The molecule has 2 aromatic rings. The number of ether oxygens (including phenoxy) is 1. The van der Waals surface area contributed by atoms with Crippen molar-refractivity contribution in [1.29, 1.82) is 0 Å². The zero-order chi connectivity index (χ0) is 29.1. The summed E-state index contributed by atoms with van der Waals surface area (Å²) >= 11 is -1.03. The highest BCUT2D eigenvalue weighted by Crippen LogP contribution is 2.39. The molecule has 0 radical (unpaired) electrons. The highest BCUT2D eigenvalue weighted by Gasteiger charge is 2.39. The number of carbonyl (C=O) groups excluding carboxylic acids is 1. The van der Waals surface area contributed by atoms with Crippen LogP contribution in [0.2, 0.25) is 0 Å². The Labute approximate surface area is 244 Å². The summed E-state index contributed by atoms with van der Waals surface area (Å²) < 4.78 is 49.7. The zero-order valence-electron chi connectivity index (χ0n) is 23.9. The average Bonchev–Trinajstić information content (AvgIpc) is 3.08. The summed E-state index contributed by atoms with van der Waals surface area (Å²) in [6, 6.07) is 10.3. The van der Waals surface area contributed by atoms with Crippen molar-refractivity contribution < 1.29 is 22.9 Å². The summed E-state index contributed by atoms with van der Waals surface area (Å²) in [6.45, 7) is 5.47. The van der Waals surface area contributed by atoms with Gasteiger partial charge >= 0.3 is 0 Å². The third-order valence-corrected chi connectivity index (χ3v) is 10.5. The van der Waals surface area contributed by atoms with Crippen LogP contribution in [0.25, 0.3) is 0 Å². The summed E-state index contributed by atoms with van der Waals surface area (Å²) in [6.07, 6.45) is 4.43. The van der Waals surface area contributed by atoms with E-state index in [1.165, 1.54) is 18.2 Å². The van der Waals surface area contributed by atoms with Gasteiger partial charge in [0.05, 0.1) is 30.8 Å². The van der Waals surface area contributed by atoms with Crippen LogP contribution in [0.1, 0.15) is 63.0 Å². The molecule has 10 heteroatoms. The van der Waals surface area contributed by atoms with Crippen LogP contribution in [0.3, 0.4) is 0 Å².